The highest BCUT2D eigenvalue weighted by atomic mass is 16.4. The molecule has 0 radical (unpaired) electrons. The first-order chi connectivity index (χ1) is 15.4. The number of hydrogen-bond donors (Lipinski definition) is 1. The molecule has 2 unspecified atom stereocenters. The smallest absolute Gasteiger partial charge is 0.251 e. The monoisotopic (exact) mass is 428 g/mol. The molecule has 6 heteroatoms. The quantitative estimate of drug-likeness (QED) is 0.652. The lowest BCUT2D eigenvalue weighted by Gasteiger charge is -2.31. The number of benzene rings is 2. The van der Waals surface area contributed by atoms with Gasteiger partial charge in [0.25, 0.3) is 5.91 Å². The molecule has 164 valence electrons. The van der Waals surface area contributed by atoms with Crippen molar-refractivity contribution in [1.82, 2.24) is 20.3 Å². The van der Waals surface area contributed by atoms with Crippen LogP contribution in [0.4, 0.5) is 0 Å². The Morgan fingerprint density at radius 3 is 2.62 bits per heavy atom. The molecular formula is C26H28N4O2. The number of fused-ring (bicyclic) bond motifs is 1. The number of amides is 1. The third kappa shape index (κ3) is 3.60. The number of rotatable bonds is 4. The zero-order valence-corrected chi connectivity index (χ0v) is 18.9. The van der Waals surface area contributed by atoms with Gasteiger partial charge in [0.15, 0.2) is 0 Å². The van der Waals surface area contributed by atoms with Crippen LogP contribution >= 0.6 is 0 Å². The predicted octanol–water partition coefficient (Wildman–Crippen LogP) is 4.71. The van der Waals surface area contributed by atoms with Gasteiger partial charge in [0, 0.05) is 18.0 Å². The molecule has 6 nitrogen and oxygen atoms in total. The van der Waals surface area contributed by atoms with E-state index in [0.717, 1.165) is 29.0 Å². The summed E-state index contributed by atoms with van der Waals surface area (Å²) in [4.78, 5) is 19.7. The van der Waals surface area contributed by atoms with Crippen LogP contribution in [0.5, 0.6) is 0 Å². The van der Waals surface area contributed by atoms with Crippen LogP contribution in [0.3, 0.4) is 0 Å². The lowest BCUT2D eigenvalue weighted by atomic mass is 9.97. The molecule has 32 heavy (non-hydrogen) atoms. The van der Waals surface area contributed by atoms with Crippen LogP contribution in [0, 0.1) is 27.7 Å². The molecule has 1 fully saturated rings. The summed E-state index contributed by atoms with van der Waals surface area (Å²) in [5.41, 5.74) is 10.1. The summed E-state index contributed by atoms with van der Waals surface area (Å²) in [7, 11) is 0. The Balaban J connectivity index is 1.33. The van der Waals surface area contributed by atoms with Crippen molar-refractivity contribution in [3.8, 4) is 11.5 Å². The molecule has 0 spiro atoms. The maximum atomic E-state index is 13.3. The molecular weight excluding hydrogens is 400 g/mol. The maximum absolute atomic E-state index is 13.3. The molecule has 3 aromatic rings. The predicted molar refractivity (Wildman–Crippen MR) is 123 cm³/mol. The number of hydrogen-bond acceptors (Lipinski definition) is 5. The minimum atomic E-state index is -0.227. The van der Waals surface area contributed by atoms with E-state index >= 15 is 0 Å². The van der Waals surface area contributed by atoms with Gasteiger partial charge in [-0.25, -0.2) is 10.4 Å². The van der Waals surface area contributed by atoms with Gasteiger partial charge >= 0.3 is 0 Å². The van der Waals surface area contributed by atoms with Gasteiger partial charge in [0.05, 0.1) is 12.6 Å². The van der Waals surface area contributed by atoms with Crippen LogP contribution < -0.4 is 5.43 Å². The third-order valence-corrected chi connectivity index (χ3v) is 6.60. The molecule has 1 N–H and O–H groups in total. The fourth-order valence-electron chi connectivity index (χ4n) is 4.43. The van der Waals surface area contributed by atoms with Gasteiger partial charge < -0.3 is 14.3 Å². The van der Waals surface area contributed by atoms with Crippen molar-refractivity contribution < 1.29 is 9.21 Å². The van der Waals surface area contributed by atoms with Crippen molar-refractivity contribution in [2.45, 2.75) is 52.7 Å². The first-order valence-corrected chi connectivity index (χ1v) is 11.0. The number of nitrogens with one attached hydrogen (secondary N) is 1. The Morgan fingerprint density at radius 1 is 1.03 bits per heavy atom. The number of hydrazine groups is 1. The van der Waals surface area contributed by atoms with E-state index in [4.69, 9.17) is 9.40 Å². The number of aryl methyl sites for hydroxylation is 4. The van der Waals surface area contributed by atoms with Crippen LogP contribution in [0.15, 0.2) is 59.3 Å². The molecule has 2 aliphatic heterocycles. The number of carbonyl (C=O) groups excluding carboxylic acids is 1. The van der Waals surface area contributed by atoms with E-state index in [9.17, 15) is 4.79 Å². The van der Waals surface area contributed by atoms with E-state index in [1.165, 1.54) is 16.7 Å². The van der Waals surface area contributed by atoms with Crippen LogP contribution in [0.2, 0.25) is 0 Å². The third-order valence-electron chi connectivity index (χ3n) is 6.60. The van der Waals surface area contributed by atoms with Crippen molar-refractivity contribution in [1.29, 1.82) is 0 Å². The van der Waals surface area contributed by atoms with Gasteiger partial charge in [-0.2, -0.15) is 0 Å². The summed E-state index contributed by atoms with van der Waals surface area (Å²) in [6, 6.07) is 14.4. The molecule has 1 amide bonds. The average Bonchev–Trinajstić information content (AvgIpc) is 3.37. The van der Waals surface area contributed by atoms with E-state index in [2.05, 4.69) is 37.5 Å². The molecule has 2 atom stereocenters. The van der Waals surface area contributed by atoms with Gasteiger partial charge in [-0.3, -0.25) is 4.79 Å². The van der Waals surface area contributed by atoms with Gasteiger partial charge in [-0.1, -0.05) is 36.4 Å². The van der Waals surface area contributed by atoms with Crippen LogP contribution in [0.1, 0.15) is 46.2 Å². The largest absolute Gasteiger partial charge is 0.441 e. The molecule has 2 aromatic carbocycles. The van der Waals surface area contributed by atoms with Crippen molar-refractivity contribution in [2.24, 2.45) is 0 Å². The highest BCUT2D eigenvalue weighted by Gasteiger charge is 2.40. The van der Waals surface area contributed by atoms with Crippen molar-refractivity contribution in [2.75, 3.05) is 0 Å². The zero-order valence-electron chi connectivity index (χ0n) is 18.9. The van der Waals surface area contributed by atoms with Gasteiger partial charge in [-0.15, -0.1) is 0 Å². The Morgan fingerprint density at radius 2 is 1.84 bits per heavy atom. The van der Waals surface area contributed by atoms with E-state index in [-0.39, 0.29) is 18.0 Å². The normalized spacial score (nSPS) is 20.2. The highest BCUT2D eigenvalue weighted by Crippen LogP contribution is 2.32. The second kappa shape index (κ2) is 7.95. The van der Waals surface area contributed by atoms with E-state index in [0.29, 0.717) is 12.4 Å². The van der Waals surface area contributed by atoms with Crippen LogP contribution in [-0.4, -0.2) is 26.8 Å². The number of nitrogens with zero attached hydrogens (tertiary/aromatic N) is 3. The van der Waals surface area contributed by atoms with Crippen molar-refractivity contribution >= 4 is 5.91 Å². The number of carbonyl (C=O) groups is 1. The number of aromatic nitrogens is 1. The standard InChI is InChI=1S/C26H28N4O2/c1-16-9-10-20(13-18(16)3)22-14-24-26(31)29(11-12-30(24)28-22)15-23-19(4)32-25(27-23)21-8-6-5-7-17(21)2/h5-13,22,24,28H,14-15H2,1-4H3. The first-order valence-electron chi connectivity index (χ1n) is 11.0. The minimum absolute atomic E-state index is 0.0752. The van der Waals surface area contributed by atoms with Gasteiger partial charge in [0.1, 0.15) is 17.5 Å². The molecule has 3 heterocycles. The fraction of sp³-hybridized carbons (Fsp3) is 0.308. The summed E-state index contributed by atoms with van der Waals surface area (Å²) in [5.74, 6) is 1.42. The second-order valence-corrected chi connectivity index (χ2v) is 8.79. The van der Waals surface area contributed by atoms with E-state index < -0.39 is 0 Å². The fourth-order valence-corrected chi connectivity index (χ4v) is 4.43. The number of oxazole rings is 1. The summed E-state index contributed by atoms with van der Waals surface area (Å²) < 4.78 is 5.94. The molecule has 2 aliphatic rings. The summed E-state index contributed by atoms with van der Waals surface area (Å²) in [5, 5.41) is 1.94. The van der Waals surface area contributed by atoms with E-state index in [1.54, 1.807) is 4.90 Å². The van der Waals surface area contributed by atoms with E-state index in [1.807, 2.05) is 55.5 Å². The highest BCUT2D eigenvalue weighted by molar-refractivity contribution is 5.84. The van der Waals surface area contributed by atoms with Gasteiger partial charge in [-0.05, 0) is 62.4 Å². The molecule has 0 bridgehead atoms. The molecule has 0 aliphatic carbocycles. The first kappa shape index (κ1) is 20.5. The molecule has 1 saturated heterocycles. The van der Waals surface area contributed by atoms with Crippen molar-refractivity contribution in [3.05, 3.63) is 88.6 Å². The summed E-state index contributed by atoms with van der Waals surface area (Å²) in [6.07, 6.45) is 4.51. The van der Waals surface area contributed by atoms with Crippen LogP contribution in [0.25, 0.3) is 11.5 Å². The minimum Gasteiger partial charge on any atom is -0.441 e. The Hall–Kier alpha value is -3.38. The topological polar surface area (TPSA) is 61.6 Å². The SMILES string of the molecule is Cc1ccc(C2CC3C(=O)N(Cc4nc(-c5ccccc5C)oc4C)C=CN3N2)cc1C. The second-order valence-electron chi connectivity index (χ2n) is 8.79. The lowest BCUT2D eigenvalue weighted by Crippen LogP contribution is -2.47. The summed E-state index contributed by atoms with van der Waals surface area (Å²) >= 11 is 0. The Kier molecular flexibility index (Phi) is 5.10. The zero-order chi connectivity index (χ0) is 22.4. The Bertz CT molecular complexity index is 1210. The average molecular weight is 429 g/mol. The van der Waals surface area contributed by atoms with Crippen molar-refractivity contribution in [3.63, 3.8) is 0 Å². The van der Waals surface area contributed by atoms with Crippen LogP contribution in [-0.2, 0) is 11.3 Å². The summed E-state index contributed by atoms with van der Waals surface area (Å²) in [6.45, 7) is 8.58. The molecule has 0 saturated carbocycles. The maximum Gasteiger partial charge on any atom is 0.251 e. The lowest BCUT2D eigenvalue weighted by molar-refractivity contribution is -0.135. The van der Waals surface area contributed by atoms with Gasteiger partial charge in [0.2, 0.25) is 5.89 Å². The molecule has 5 rings (SSSR count). The molecule has 1 aromatic heterocycles. The Labute approximate surface area is 188 Å².